The third kappa shape index (κ3) is 1.58. The predicted molar refractivity (Wildman–Crippen MR) is 65.8 cm³/mol. The number of nitrogens with one attached hydrogen (secondary N) is 1. The topological polar surface area (TPSA) is 75.7 Å². The highest BCUT2D eigenvalue weighted by atomic mass is 32.2. The number of benzene rings is 1. The first-order chi connectivity index (χ1) is 8.69. The third-order valence-electron chi connectivity index (χ3n) is 2.63. The highest BCUT2D eigenvalue weighted by Gasteiger charge is 2.22. The van der Waals surface area contributed by atoms with Crippen LogP contribution in [0.15, 0.2) is 58.8 Å². The van der Waals surface area contributed by atoms with Crippen molar-refractivity contribution in [2.75, 3.05) is 0 Å². The first-order valence-corrected chi connectivity index (χ1v) is 6.76. The molecule has 90 valence electrons. The molecule has 0 bridgehead atoms. The van der Waals surface area contributed by atoms with E-state index in [-0.39, 0.29) is 9.92 Å². The number of aromatic amines is 1. The van der Waals surface area contributed by atoms with Gasteiger partial charge in [-0.15, -0.1) is 0 Å². The van der Waals surface area contributed by atoms with Crippen LogP contribution >= 0.6 is 0 Å². The zero-order chi connectivity index (χ0) is 12.6. The lowest BCUT2D eigenvalue weighted by Gasteiger charge is -2.04. The Morgan fingerprint density at radius 2 is 1.78 bits per heavy atom. The molecule has 2 heterocycles. The number of nitrogens with zero attached hydrogens (tertiary/aromatic N) is 2. The average Bonchev–Trinajstić information content (AvgIpc) is 2.87. The van der Waals surface area contributed by atoms with E-state index >= 15 is 0 Å². The molecule has 0 aliphatic rings. The fraction of sp³-hybridized carbons (Fsp3) is 0. The molecule has 0 amide bonds. The molecule has 0 unspecified atom stereocenters. The maximum absolute atomic E-state index is 12.4. The third-order valence-corrected chi connectivity index (χ3v) is 4.35. The normalized spacial score (nSPS) is 11.8. The molecular weight excluding hydrogens is 250 g/mol. The van der Waals surface area contributed by atoms with Gasteiger partial charge in [-0.05, 0) is 18.2 Å². The molecule has 0 radical (unpaired) electrons. The van der Waals surface area contributed by atoms with Gasteiger partial charge in [0.15, 0.2) is 5.03 Å². The SMILES string of the molecule is O=S(=O)(c1ccccc1)c1ncnc2[nH]ccc12. The number of hydrogen-bond donors (Lipinski definition) is 1. The van der Waals surface area contributed by atoms with Crippen molar-refractivity contribution < 1.29 is 8.42 Å². The molecule has 0 saturated carbocycles. The zero-order valence-corrected chi connectivity index (χ0v) is 10.1. The van der Waals surface area contributed by atoms with E-state index in [0.717, 1.165) is 0 Å². The lowest BCUT2D eigenvalue weighted by molar-refractivity contribution is 0.593. The highest BCUT2D eigenvalue weighted by Crippen LogP contribution is 2.24. The van der Waals surface area contributed by atoms with E-state index < -0.39 is 9.84 Å². The van der Waals surface area contributed by atoms with Gasteiger partial charge in [0, 0.05) is 6.20 Å². The Bertz CT molecular complexity index is 794. The molecule has 3 rings (SSSR count). The molecule has 5 nitrogen and oxygen atoms in total. The minimum atomic E-state index is -3.61. The molecule has 1 aromatic carbocycles. The number of sulfone groups is 1. The van der Waals surface area contributed by atoms with Crippen molar-refractivity contribution in [3.05, 3.63) is 48.9 Å². The molecular formula is C12H9N3O2S. The van der Waals surface area contributed by atoms with Gasteiger partial charge < -0.3 is 4.98 Å². The number of H-pyrrole nitrogens is 1. The fourth-order valence-corrected chi connectivity index (χ4v) is 3.15. The molecule has 18 heavy (non-hydrogen) atoms. The van der Waals surface area contributed by atoms with Crippen LogP contribution in [0.1, 0.15) is 0 Å². The number of aromatic nitrogens is 3. The predicted octanol–water partition coefficient (Wildman–Crippen LogP) is 1.79. The smallest absolute Gasteiger partial charge is 0.224 e. The van der Waals surface area contributed by atoms with Gasteiger partial charge in [0.1, 0.15) is 12.0 Å². The summed E-state index contributed by atoms with van der Waals surface area (Å²) in [6, 6.07) is 9.90. The maximum Gasteiger partial charge on any atom is 0.224 e. The van der Waals surface area contributed by atoms with Crippen LogP contribution in [0, 0.1) is 0 Å². The van der Waals surface area contributed by atoms with Crippen molar-refractivity contribution in [2.45, 2.75) is 9.92 Å². The average molecular weight is 259 g/mol. The van der Waals surface area contributed by atoms with E-state index in [4.69, 9.17) is 0 Å². The van der Waals surface area contributed by atoms with E-state index in [2.05, 4.69) is 15.0 Å². The summed E-state index contributed by atoms with van der Waals surface area (Å²) in [4.78, 5) is 11.0. The van der Waals surface area contributed by atoms with Crippen LogP contribution in [0.5, 0.6) is 0 Å². The molecule has 0 fully saturated rings. The van der Waals surface area contributed by atoms with Crippen LogP contribution < -0.4 is 0 Å². The molecule has 0 saturated heterocycles. The lowest BCUT2D eigenvalue weighted by Crippen LogP contribution is -2.05. The van der Waals surface area contributed by atoms with Crippen molar-refractivity contribution >= 4 is 20.9 Å². The van der Waals surface area contributed by atoms with Gasteiger partial charge in [-0.25, -0.2) is 18.4 Å². The molecule has 1 N–H and O–H groups in total. The Hall–Kier alpha value is -2.21. The second kappa shape index (κ2) is 3.92. The quantitative estimate of drug-likeness (QED) is 0.712. The molecule has 0 aliphatic carbocycles. The standard InChI is InChI=1S/C12H9N3O2S/c16-18(17,9-4-2-1-3-5-9)12-10-6-7-13-11(10)14-8-15-12/h1-8H,(H,13,14,15). The second-order valence-corrected chi connectivity index (χ2v) is 5.60. The summed E-state index contributed by atoms with van der Waals surface area (Å²) in [5.74, 6) is 0. The summed E-state index contributed by atoms with van der Waals surface area (Å²) in [5.41, 5.74) is 0.513. The molecule has 0 atom stereocenters. The Morgan fingerprint density at radius 1 is 1.00 bits per heavy atom. The van der Waals surface area contributed by atoms with Crippen molar-refractivity contribution in [2.24, 2.45) is 0 Å². The van der Waals surface area contributed by atoms with E-state index in [9.17, 15) is 8.42 Å². The minimum Gasteiger partial charge on any atom is -0.346 e. The molecule has 3 aromatic rings. The first kappa shape index (κ1) is 10.9. The monoisotopic (exact) mass is 259 g/mol. The summed E-state index contributed by atoms with van der Waals surface area (Å²) in [6.45, 7) is 0. The van der Waals surface area contributed by atoms with Crippen LogP contribution in [0.25, 0.3) is 11.0 Å². The van der Waals surface area contributed by atoms with Gasteiger partial charge in [-0.1, -0.05) is 18.2 Å². The van der Waals surface area contributed by atoms with Gasteiger partial charge in [0.25, 0.3) is 0 Å². The Kier molecular flexibility index (Phi) is 2.38. The number of fused-ring (bicyclic) bond motifs is 1. The maximum atomic E-state index is 12.4. The Labute approximate surface area is 103 Å². The largest absolute Gasteiger partial charge is 0.346 e. The van der Waals surface area contributed by atoms with Crippen molar-refractivity contribution in [1.82, 2.24) is 15.0 Å². The van der Waals surface area contributed by atoms with Crippen LogP contribution in [-0.2, 0) is 9.84 Å². The lowest BCUT2D eigenvalue weighted by atomic mass is 10.4. The van der Waals surface area contributed by atoms with Gasteiger partial charge in [0.2, 0.25) is 9.84 Å². The van der Waals surface area contributed by atoms with Gasteiger partial charge in [0.05, 0.1) is 10.3 Å². The van der Waals surface area contributed by atoms with Gasteiger partial charge in [-0.3, -0.25) is 0 Å². The summed E-state index contributed by atoms with van der Waals surface area (Å²) < 4.78 is 24.9. The number of rotatable bonds is 2. The summed E-state index contributed by atoms with van der Waals surface area (Å²) >= 11 is 0. The summed E-state index contributed by atoms with van der Waals surface area (Å²) in [5, 5.41) is 0.529. The first-order valence-electron chi connectivity index (χ1n) is 5.28. The molecule has 6 heteroatoms. The summed E-state index contributed by atoms with van der Waals surface area (Å²) in [6.07, 6.45) is 2.89. The van der Waals surface area contributed by atoms with Crippen LogP contribution in [0.2, 0.25) is 0 Å². The molecule has 0 spiro atoms. The fourth-order valence-electron chi connectivity index (χ4n) is 1.77. The second-order valence-electron chi connectivity index (χ2n) is 3.74. The van der Waals surface area contributed by atoms with E-state index in [1.807, 2.05) is 0 Å². The van der Waals surface area contributed by atoms with Gasteiger partial charge >= 0.3 is 0 Å². The molecule has 0 aliphatic heterocycles. The van der Waals surface area contributed by atoms with Gasteiger partial charge in [-0.2, -0.15) is 0 Å². The molecule has 2 aromatic heterocycles. The summed E-state index contributed by atoms with van der Waals surface area (Å²) in [7, 11) is -3.61. The number of hydrogen-bond acceptors (Lipinski definition) is 4. The van der Waals surface area contributed by atoms with Crippen molar-refractivity contribution in [3.63, 3.8) is 0 Å². The van der Waals surface area contributed by atoms with Crippen LogP contribution in [-0.4, -0.2) is 23.4 Å². The van der Waals surface area contributed by atoms with Crippen LogP contribution in [0.3, 0.4) is 0 Å². The Morgan fingerprint density at radius 3 is 2.56 bits per heavy atom. The zero-order valence-electron chi connectivity index (χ0n) is 9.24. The van der Waals surface area contributed by atoms with Crippen LogP contribution in [0.4, 0.5) is 0 Å². The minimum absolute atomic E-state index is 0.0277. The van der Waals surface area contributed by atoms with Crippen molar-refractivity contribution in [1.29, 1.82) is 0 Å². The Balaban J connectivity index is 2.30. The van der Waals surface area contributed by atoms with E-state index in [0.29, 0.717) is 11.0 Å². The highest BCUT2D eigenvalue weighted by molar-refractivity contribution is 7.91. The van der Waals surface area contributed by atoms with E-state index in [1.54, 1.807) is 42.6 Å². The van der Waals surface area contributed by atoms with E-state index in [1.165, 1.54) is 6.33 Å². The van der Waals surface area contributed by atoms with Crippen molar-refractivity contribution in [3.8, 4) is 0 Å².